The van der Waals surface area contributed by atoms with Gasteiger partial charge >= 0.3 is 4.87 Å². The van der Waals surface area contributed by atoms with Crippen molar-refractivity contribution in [2.75, 3.05) is 0 Å². The zero-order valence-electron chi connectivity index (χ0n) is 17.3. The minimum atomic E-state index is -0.193. The number of aromatic hydroxyl groups is 2. The Morgan fingerprint density at radius 2 is 1.77 bits per heavy atom. The van der Waals surface area contributed by atoms with Gasteiger partial charge in [-0.1, -0.05) is 23.5 Å². The first-order valence-electron chi connectivity index (χ1n) is 9.51. The summed E-state index contributed by atoms with van der Waals surface area (Å²) in [6.07, 6.45) is 0. The highest BCUT2D eigenvalue weighted by Crippen LogP contribution is 2.33. The predicted molar refractivity (Wildman–Crippen MR) is 117 cm³/mol. The van der Waals surface area contributed by atoms with Crippen LogP contribution >= 0.6 is 11.3 Å². The number of nitrogens with zero attached hydrogens (tertiary/aromatic N) is 3. The zero-order valence-corrected chi connectivity index (χ0v) is 18.1. The summed E-state index contributed by atoms with van der Waals surface area (Å²) in [6, 6.07) is 7.39. The van der Waals surface area contributed by atoms with Crippen LogP contribution in [0, 0.1) is 20.8 Å². The molecule has 0 aliphatic heterocycles. The first-order valence-corrected chi connectivity index (χ1v) is 10.4. The molecule has 8 heteroatoms. The molecule has 0 unspecified atom stereocenters. The Bertz CT molecular complexity index is 1300. The van der Waals surface area contributed by atoms with E-state index in [4.69, 9.17) is 4.74 Å². The summed E-state index contributed by atoms with van der Waals surface area (Å²) in [4.78, 5) is 16.2. The lowest BCUT2D eigenvalue weighted by molar-refractivity contribution is 0.292. The summed E-state index contributed by atoms with van der Waals surface area (Å²) in [7, 11) is 1.95. The molecule has 2 aromatic heterocycles. The van der Waals surface area contributed by atoms with Crippen molar-refractivity contribution >= 4 is 22.4 Å². The third-order valence-electron chi connectivity index (χ3n) is 5.57. The molecule has 0 aliphatic carbocycles. The number of imidazole rings is 1. The SMILES string of the molecule is Cc1c(O)c(C)c2nc(COc3ccc(Cn4c(O)csc4=O)cc3)n(C)c2c1C. The summed E-state index contributed by atoms with van der Waals surface area (Å²) in [5.74, 6) is 1.70. The second-order valence-corrected chi connectivity index (χ2v) is 8.21. The topological polar surface area (TPSA) is 89.5 Å². The predicted octanol–water partition coefficient (Wildman–Crippen LogP) is 3.76. The monoisotopic (exact) mass is 425 g/mol. The van der Waals surface area contributed by atoms with E-state index in [1.165, 1.54) is 9.95 Å². The summed E-state index contributed by atoms with van der Waals surface area (Å²) >= 11 is 0.974. The highest BCUT2D eigenvalue weighted by atomic mass is 32.1. The van der Waals surface area contributed by atoms with Crippen molar-refractivity contribution in [3.63, 3.8) is 0 Å². The van der Waals surface area contributed by atoms with E-state index in [2.05, 4.69) is 4.98 Å². The Hall–Kier alpha value is -3.26. The number of fused-ring (bicyclic) bond motifs is 1. The maximum Gasteiger partial charge on any atom is 0.310 e. The average molecular weight is 426 g/mol. The lowest BCUT2D eigenvalue weighted by Gasteiger charge is -2.10. The lowest BCUT2D eigenvalue weighted by Crippen LogP contribution is -2.13. The van der Waals surface area contributed by atoms with E-state index in [1.54, 1.807) is 0 Å². The standard InChI is InChI=1S/C22H23N3O4S/c1-12-13(2)21(27)14(3)19-20(12)24(4)17(23-19)10-29-16-7-5-15(6-8-16)9-25-18(26)11-30-22(25)28/h5-8,11,26-27H,9-10H2,1-4H3. The van der Waals surface area contributed by atoms with Crippen LogP contribution in [0.1, 0.15) is 28.1 Å². The number of phenols is 1. The molecule has 0 bridgehead atoms. The summed E-state index contributed by atoms with van der Waals surface area (Å²) < 4.78 is 9.24. The van der Waals surface area contributed by atoms with Crippen LogP contribution in [-0.2, 0) is 20.2 Å². The molecule has 7 nitrogen and oxygen atoms in total. The lowest BCUT2D eigenvalue weighted by atomic mass is 10.0. The number of aryl methyl sites for hydroxylation is 3. The number of rotatable bonds is 5. The molecular weight excluding hydrogens is 402 g/mol. The highest BCUT2D eigenvalue weighted by molar-refractivity contribution is 7.07. The molecule has 0 radical (unpaired) electrons. The normalized spacial score (nSPS) is 11.3. The van der Waals surface area contributed by atoms with Gasteiger partial charge in [-0.2, -0.15) is 0 Å². The van der Waals surface area contributed by atoms with Gasteiger partial charge in [-0.25, -0.2) is 4.98 Å². The summed E-state index contributed by atoms with van der Waals surface area (Å²) in [5.41, 5.74) is 5.31. The third-order valence-corrected chi connectivity index (χ3v) is 6.32. The maximum atomic E-state index is 11.7. The minimum Gasteiger partial charge on any atom is -0.507 e. The van der Waals surface area contributed by atoms with Gasteiger partial charge in [-0.15, -0.1) is 0 Å². The molecule has 0 fully saturated rings. The second kappa shape index (κ2) is 7.53. The van der Waals surface area contributed by atoms with Gasteiger partial charge in [-0.05, 0) is 49.6 Å². The Morgan fingerprint density at radius 1 is 1.07 bits per heavy atom. The Morgan fingerprint density at radius 3 is 2.40 bits per heavy atom. The van der Waals surface area contributed by atoms with Gasteiger partial charge in [0.15, 0.2) is 0 Å². The van der Waals surface area contributed by atoms with Gasteiger partial charge in [0.2, 0.25) is 5.88 Å². The molecule has 0 saturated carbocycles. The first kappa shape index (κ1) is 20.0. The summed E-state index contributed by atoms with van der Waals surface area (Å²) in [5, 5.41) is 21.5. The molecule has 0 saturated heterocycles. The van der Waals surface area contributed by atoms with Gasteiger partial charge in [0.1, 0.15) is 23.9 Å². The number of hydrogen-bond acceptors (Lipinski definition) is 6. The van der Waals surface area contributed by atoms with Crippen LogP contribution in [0.15, 0.2) is 34.4 Å². The van der Waals surface area contributed by atoms with E-state index in [1.807, 2.05) is 56.7 Å². The van der Waals surface area contributed by atoms with Gasteiger partial charge in [-0.3, -0.25) is 9.36 Å². The van der Waals surface area contributed by atoms with E-state index in [0.717, 1.165) is 50.4 Å². The van der Waals surface area contributed by atoms with Crippen molar-refractivity contribution in [1.82, 2.24) is 14.1 Å². The fraction of sp³-hybridized carbons (Fsp3) is 0.273. The van der Waals surface area contributed by atoms with E-state index in [0.29, 0.717) is 12.3 Å². The van der Waals surface area contributed by atoms with Crippen LogP contribution in [-0.4, -0.2) is 24.3 Å². The maximum absolute atomic E-state index is 11.7. The molecular formula is C22H23N3O4S. The molecule has 0 atom stereocenters. The number of hydrogen-bond donors (Lipinski definition) is 2. The van der Waals surface area contributed by atoms with E-state index in [-0.39, 0.29) is 23.1 Å². The van der Waals surface area contributed by atoms with Gasteiger partial charge < -0.3 is 19.5 Å². The fourth-order valence-corrected chi connectivity index (χ4v) is 4.22. The van der Waals surface area contributed by atoms with E-state index >= 15 is 0 Å². The molecule has 0 amide bonds. The van der Waals surface area contributed by atoms with Gasteiger partial charge in [0, 0.05) is 12.6 Å². The van der Waals surface area contributed by atoms with Gasteiger partial charge in [0.05, 0.1) is 23.0 Å². The van der Waals surface area contributed by atoms with Crippen LogP contribution in [0.3, 0.4) is 0 Å². The molecule has 4 rings (SSSR count). The average Bonchev–Trinajstić information content (AvgIpc) is 3.24. The molecule has 4 aromatic rings. The molecule has 0 aliphatic rings. The molecule has 30 heavy (non-hydrogen) atoms. The minimum absolute atomic E-state index is 0.0287. The second-order valence-electron chi connectivity index (χ2n) is 7.39. The first-order chi connectivity index (χ1) is 14.3. The Labute approximate surface area is 177 Å². The molecule has 156 valence electrons. The van der Waals surface area contributed by atoms with Crippen molar-refractivity contribution in [2.45, 2.75) is 33.9 Å². The van der Waals surface area contributed by atoms with Crippen LogP contribution in [0.5, 0.6) is 17.4 Å². The quantitative estimate of drug-likeness (QED) is 0.508. The zero-order chi connectivity index (χ0) is 21.6. The highest BCUT2D eigenvalue weighted by Gasteiger charge is 2.18. The fourth-order valence-electron chi connectivity index (χ4n) is 3.60. The van der Waals surface area contributed by atoms with Crippen LogP contribution in [0.2, 0.25) is 0 Å². The molecule has 2 aromatic carbocycles. The Balaban J connectivity index is 1.53. The number of ether oxygens (including phenoxy) is 1. The van der Waals surface area contributed by atoms with Crippen molar-refractivity contribution in [3.05, 3.63) is 67.4 Å². The molecule has 2 heterocycles. The van der Waals surface area contributed by atoms with Crippen molar-refractivity contribution in [3.8, 4) is 17.4 Å². The van der Waals surface area contributed by atoms with Crippen LogP contribution < -0.4 is 9.61 Å². The number of aromatic nitrogens is 3. The van der Waals surface area contributed by atoms with Gasteiger partial charge in [0.25, 0.3) is 0 Å². The third kappa shape index (κ3) is 3.33. The van der Waals surface area contributed by atoms with Crippen molar-refractivity contribution in [1.29, 1.82) is 0 Å². The Kier molecular flexibility index (Phi) is 5.03. The number of phenolic OH excluding ortho intramolecular Hbond substituents is 1. The largest absolute Gasteiger partial charge is 0.507 e. The molecule has 2 N–H and O–H groups in total. The smallest absolute Gasteiger partial charge is 0.310 e. The van der Waals surface area contributed by atoms with Crippen LogP contribution in [0.25, 0.3) is 11.0 Å². The van der Waals surface area contributed by atoms with Crippen molar-refractivity contribution in [2.24, 2.45) is 7.05 Å². The number of benzene rings is 2. The molecule has 0 spiro atoms. The van der Waals surface area contributed by atoms with E-state index in [9.17, 15) is 15.0 Å². The summed E-state index contributed by atoms with van der Waals surface area (Å²) in [6.45, 7) is 6.36. The van der Waals surface area contributed by atoms with E-state index < -0.39 is 0 Å². The number of thiazole rings is 1. The van der Waals surface area contributed by atoms with Crippen molar-refractivity contribution < 1.29 is 14.9 Å². The van der Waals surface area contributed by atoms with Crippen LogP contribution in [0.4, 0.5) is 0 Å².